The summed E-state index contributed by atoms with van der Waals surface area (Å²) in [4.78, 5) is 30.4. The van der Waals surface area contributed by atoms with Crippen molar-refractivity contribution in [2.24, 2.45) is 7.05 Å². The first-order chi connectivity index (χ1) is 18.1. The molecule has 0 spiro atoms. The van der Waals surface area contributed by atoms with Crippen molar-refractivity contribution >= 4 is 39.8 Å². The second-order valence-corrected chi connectivity index (χ2v) is 9.61. The molecule has 0 aliphatic rings. The minimum atomic E-state index is -0.703. The van der Waals surface area contributed by atoms with E-state index < -0.39 is 5.41 Å². The van der Waals surface area contributed by atoms with Gasteiger partial charge in [-0.1, -0.05) is 18.2 Å². The SMILES string of the molecule is Cc1ccc(NC(=O)c2cccc(C(C)(C)C#N)c2)cc1Nc1ccc2nc(NCCO)n(C)c(=O)c2c1. The number of nitrogens with one attached hydrogen (secondary N) is 3. The molecule has 4 rings (SSSR count). The summed E-state index contributed by atoms with van der Waals surface area (Å²) in [6.07, 6.45) is 0. The number of nitriles is 1. The number of amides is 1. The van der Waals surface area contributed by atoms with Gasteiger partial charge in [-0.3, -0.25) is 14.2 Å². The normalized spacial score (nSPS) is 11.2. The van der Waals surface area contributed by atoms with Gasteiger partial charge in [-0.05, 0) is 74.4 Å². The van der Waals surface area contributed by atoms with Crippen LogP contribution in [0.2, 0.25) is 0 Å². The fourth-order valence-corrected chi connectivity index (χ4v) is 3.98. The van der Waals surface area contributed by atoms with E-state index in [-0.39, 0.29) is 18.1 Å². The van der Waals surface area contributed by atoms with Crippen molar-refractivity contribution in [1.29, 1.82) is 5.26 Å². The second kappa shape index (κ2) is 10.7. The van der Waals surface area contributed by atoms with Crippen LogP contribution >= 0.6 is 0 Å². The Labute approximate surface area is 220 Å². The Kier molecular flexibility index (Phi) is 7.46. The number of rotatable bonds is 8. The average molecular weight is 511 g/mol. The molecule has 0 saturated heterocycles. The van der Waals surface area contributed by atoms with Gasteiger partial charge in [0.2, 0.25) is 5.95 Å². The molecule has 194 valence electrons. The number of aryl methyl sites for hydroxylation is 1. The van der Waals surface area contributed by atoms with Gasteiger partial charge in [-0.2, -0.15) is 5.26 Å². The van der Waals surface area contributed by atoms with Crippen molar-refractivity contribution in [1.82, 2.24) is 9.55 Å². The van der Waals surface area contributed by atoms with Crippen molar-refractivity contribution in [3.05, 3.63) is 87.7 Å². The summed E-state index contributed by atoms with van der Waals surface area (Å²) in [6.45, 7) is 5.80. The molecule has 0 unspecified atom stereocenters. The molecule has 0 bridgehead atoms. The van der Waals surface area contributed by atoms with Crippen LogP contribution in [0.5, 0.6) is 0 Å². The third-order valence-corrected chi connectivity index (χ3v) is 6.37. The quantitative estimate of drug-likeness (QED) is 0.275. The Hall–Kier alpha value is -4.68. The lowest BCUT2D eigenvalue weighted by molar-refractivity contribution is 0.102. The van der Waals surface area contributed by atoms with Crippen LogP contribution in [0.25, 0.3) is 10.9 Å². The third-order valence-electron chi connectivity index (χ3n) is 6.37. The molecular weight excluding hydrogens is 480 g/mol. The van der Waals surface area contributed by atoms with Crippen LogP contribution in [0.15, 0.2) is 65.5 Å². The lowest BCUT2D eigenvalue weighted by Crippen LogP contribution is -2.23. The average Bonchev–Trinajstić information content (AvgIpc) is 2.92. The molecule has 4 aromatic rings. The number of hydrogen-bond donors (Lipinski definition) is 4. The summed E-state index contributed by atoms with van der Waals surface area (Å²) < 4.78 is 1.41. The number of fused-ring (bicyclic) bond motifs is 1. The Morgan fingerprint density at radius 2 is 1.87 bits per heavy atom. The number of aliphatic hydroxyl groups excluding tert-OH is 1. The van der Waals surface area contributed by atoms with Gasteiger partial charge in [-0.15, -0.1) is 0 Å². The Morgan fingerprint density at radius 3 is 2.61 bits per heavy atom. The van der Waals surface area contributed by atoms with E-state index in [9.17, 15) is 14.9 Å². The summed E-state index contributed by atoms with van der Waals surface area (Å²) >= 11 is 0. The zero-order chi connectivity index (χ0) is 27.4. The van der Waals surface area contributed by atoms with E-state index in [1.54, 1.807) is 37.4 Å². The Morgan fingerprint density at radius 1 is 1.11 bits per heavy atom. The highest BCUT2D eigenvalue weighted by atomic mass is 16.3. The van der Waals surface area contributed by atoms with E-state index in [0.29, 0.717) is 40.3 Å². The van der Waals surface area contributed by atoms with E-state index in [2.05, 4.69) is 27.0 Å². The molecule has 3 aromatic carbocycles. The number of hydrogen-bond acceptors (Lipinski definition) is 7. The maximum Gasteiger partial charge on any atom is 0.262 e. The first kappa shape index (κ1) is 26.4. The molecule has 38 heavy (non-hydrogen) atoms. The highest BCUT2D eigenvalue weighted by molar-refractivity contribution is 6.04. The summed E-state index contributed by atoms with van der Waals surface area (Å²) in [5.74, 6) is 0.111. The van der Waals surface area contributed by atoms with Crippen LogP contribution in [-0.2, 0) is 12.5 Å². The highest BCUT2D eigenvalue weighted by Crippen LogP contribution is 2.27. The molecule has 0 fully saturated rings. The topological polar surface area (TPSA) is 132 Å². The number of aliphatic hydroxyl groups is 1. The van der Waals surface area contributed by atoms with E-state index in [0.717, 1.165) is 16.8 Å². The predicted octanol–water partition coefficient (Wildman–Crippen LogP) is 4.44. The van der Waals surface area contributed by atoms with Crippen molar-refractivity contribution < 1.29 is 9.90 Å². The van der Waals surface area contributed by atoms with Gasteiger partial charge in [0.1, 0.15) is 0 Å². The number of aromatic nitrogens is 2. The van der Waals surface area contributed by atoms with Gasteiger partial charge in [0.05, 0.1) is 29.0 Å². The first-order valence-corrected chi connectivity index (χ1v) is 12.2. The summed E-state index contributed by atoms with van der Waals surface area (Å²) in [5.41, 5.74) is 3.89. The van der Waals surface area contributed by atoms with Crippen molar-refractivity contribution in [2.75, 3.05) is 29.1 Å². The van der Waals surface area contributed by atoms with Gasteiger partial charge in [0.15, 0.2) is 0 Å². The van der Waals surface area contributed by atoms with Crippen molar-refractivity contribution in [3.8, 4) is 6.07 Å². The second-order valence-electron chi connectivity index (χ2n) is 9.61. The molecule has 1 aromatic heterocycles. The van der Waals surface area contributed by atoms with Crippen molar-refractivity contribution in [3.63, 3.8) is 0 Å². The molecule has 0 saturated carbocycles. The number of nitrogens with zero attached hydrogens (tertiary/aromatic N) is 3. The highest BCUT2D eigenvalue weighted by Gasteiger charge is 2.21. The van der Waals surface area contributed by atoms with Crippen molar-refractivity contribution in [2.45, 2.75) is 26.2 Å². The van der Waals surface area contributed by atoms with Crippen LogP contribution in [0, 0.1) is 18.3 Å². The van der Waals surface area contributed by atoms with Gasteiger partial charge >= 0.3 is 0 Å². The predicted molar refractivity (Wildman–Crippen MR) is 150 cm³/mol. The number of carbonyl (C=O) groups excluding carboxylic acids is 1. The van der Waals surface area contributed by atoms with Crippen LogP contribution < -0.4 is 21.5 Å². The molecular formula is C29H30N6O3. The van der Waals surface area contributed by atoms with Crippen LogP contribution in [0.1, 0.15) is 35.3 Å². The Balaban J connectivity index is 1.58. The van der Waals surface area contributed by atoms with Gasteiger partial charge < -0.3 is 21.1 Å². The maximum atomic E-state index is 13.0. The summed E-state index contributed by atoms with van der Waals surface area (Å²) in [6, 6.07) is 20.2. The van der Waals surface area contributed by atoms with Crippen LogP contribution in [0.3, 0.4) is 0 Å². The molecule has 4 N–H and O–H groups in total. The lowest BCUT2D eigenvalue weighted by atomic mass is 9.85. The largest absolute Gasteiger partial charge is 0.395 e. The first-order valence-electron chi connectivity index (χ1n) is 12.2. The number of anilines is 4. The fourth-order valence-electron chi connectivity index (χ4n) is 3.98. The molecule has 1 amide bonds. The summed E-state index contributed by atoms with van der Waals surface area (Å²) in [5, 5.41) is 28.1. The molecule has 9 nitrogen and oxygen atoms in total. The molecule has 0 radical (unpaired) electrons. The monoisotopic (exact) mass is 510 g/mol. The van der Waals surface area contributed by atoms with Crippen LogP contribution in [-0.4, -0.2) is 33.7 Å². The molecule has 0 aliphatic carbocycles. The zero-order valence-corrected chi connectivity index (χ0v) is 21.8. The lowest BCUT2D eigenvalue weighted by Gasteiger charge is -2.17. The Bertz CT molecular complexity index is 1620. The van der Waals surface area contributed by atoms with Gasteiger partial charge in [0, 0.05) is 36.2 Å². The van der Waals surface area contributed by atoms with E-state index >= 15 is 0 Å². The fraction of sp³-hybridized carbons (Fsp3) is 0.241. The molecule has 1 heterocycles. The third kappa shape index (κ3) is 5.51. The van der Waals surface area contributed by atoms with E-state index in [4.69, 9.17) is 5.11 Å². The van der Waals surface area contributed by atoms with Gasteiger partial charge in [-0.25, -0.2) is 4.98 Å². The molecule has 0 atom stereocenters. The standard InChI is InChI=1S/C29H30N6O3/c1-18-8-9-22(33-26(37)19-6-5-7-20(14-19)29(2,3)17-30)16-25(18)32-21-10-11-24-23(15-21)27(38)35(4)28(34-24)31-12-13-36/h5-11,14-16,32,36H,12-13H2,1-4H3,(H,31,34)(H,33,37). The van der Waals surface area contributed by atoms with Gasteiger partial charge in [0.25, 0.3) is 11.5 Å². The minimum Gasteiger partial charge on any atom is -0.395 e. The molecule has 0 aliphatic heterocycles. The molecule has 9 heteroatoms. The minimum absolute atomic E-state index is 0.0681. The number of carbonyl (C=O) groups is 1. The van der Waals surface area contributed by atoms with E-state index in [1.807, 2.05) is 51.1 Å². The summed E-state index contributed by atoms with van der Waals surface area (Å²) in [7, 11) is 1.63. The smallest absolute Gasteiger partial charge is 0.262 e. The maximum absolute atomic E-state index is 13.0. The zero-order valence-electron chi connectivity index (χ0n) is 21.8. The van der Waals surface area contributed by atoms with E-state index in [1.165, 1.54) is 4.57 Å². The number of benzene rings is 3. The van der Waals surface area contributed by atoms with Crippen LogP contribution in [0.4, 0.5) is 23.0 Å².